The van der Waals surface area contributed by atoms with E-state index in [4.69, 9.17) is 4.42 Å². The summed E-state index contributed by atoms with van der Waals surface area (Å²) in [5, 5.41) is 2.26. The molecular weight excluding hydrogens is 711 g/mol. The van der Waals surface area contributed by atoms with E-state index in [-0.39, 0.29) is 5.41 Å². The highest BCUT2D eigenvalue weighted by molar-refractivity contribution is 7.99. The van der Waals surface area contributed by atoms with Crippen LogP contribution in [0.15, 0.2) is 186 Å². The quantitative estimate of drug-likeness (QED) is 0.174. The summed E-state index contributed by atoms with van der Waals surface area (Å²) in [6.07, 6.45) is 9.94. The lowest BCUT2D eigenvalue weighted by molar-refractivity contribution is 0.545. The predicted molar refractivity (Wildman–Crippen MR) is 239 cm³/mol. The van der Waals surface area contributed by atoms with Crippen molar-refractivity contribution in [1.82, 2.24) is 0 Å². The zero-order valence-electron chi connectivity index (χ0n) is 31.7. The number of para-hydroxylation sites is 2. The normalized spacial score (nSPS) is 17.1. The molecule has 1 aromatic heterocycles. The van der Waals surface area contributed by atoms with Crippen LogP contribution in [0.5, 0.6) is 0 Å². The first-order valence-corrected chi connectivity index (χ1v) is 21.6. The van der Waals surface area contributed by atoms with Gasteiger partial charge in [-0.05, 0) is 93.8 Å². The number of rotatable bonds is 5. The van der Waals surface area contributed by atoms with Gasteiger partial charge in [0.25, 0.3) is 0 Å². The van der Waals surface area contributed by atoms with Crippen molar-refractivity contribution in [2.24, 2.45) is 0 Å². The zero-order chi connectivity index (χ0) is 37.6. The largest absolute Gasteiger partial charge is 0.456 e. The summed E-state index contributed by atoms with van der Waals surface area (Å²) >= 11 is 2.04. The molecule has 7 aromatic carbocycles. The van der Waals surface area contributed by atoms with Gasteiger partial charge in [-0.3, -0.25) is 0 Å². The van der Waals surface area contributed by atoms with E-state index >= 15 is 0 Å². The lowest BCUT2D eigenvalue weighted by atomic mass is 9.67. The smallest absolute Gasteiger partial charge is 0.140 e. The Bertz CT molecular complexity index is 2900. The van der Waals surface area contributed by atoms with Crippen LogP contribution in [0.1, 0.15) is 59.1 Å². The average Bonchev–Trinajstić information content (AvgIpc) is 3.99. The lowest BCUT2D eigenvalue weighted by Crippen LogP contribution is -2.28. The van der Waals surface area contributed by atoms with Crippen LogP contribution in [0, 0.1) is 0 Å². The second-order valence-electron chi connectivity index (χ2n) is 16.1. The molecule has 0 amide bonds. The first-order chi connectivity index (χ1) is 28.3. The number of hydrogen-bond donors (Lipinski definition) is 0. The Morgan fingerprint density at radius 1 is 0.561 bits per heavy atom. The minimum Gasteiger partial charge on any atom is -0.456 e. The molecule has 8 aromatic rings. The molecule has 0 atom stereocenters. The van der Waals surface area contributed by atoms with Crippen LogP contribution in [0.4, 0.5) is 17.1 Å². The SMILES string of the molecule is C1=CC2=C(CSC1)c1c(N(c3ccccc3)c3ccc4oc5c(C6(c7ccccc7)c7ccccc7-c7ccccc76)cccc5c4c3)cccc1C21CCCC1. The summed E-state index contributed by atoms with van der Waals surface area (Å²) in [6, 6.07) is 60.6. The maximum absolute atomic E-state index is 7.10. The van der Waals surface area contributed by atoms with E-state index in [0.29, 0.717) is 0 Å². The number of benzene rings is 7. The van der Waals surface area contributed by atoms with Crippen LogP contribution in [0.3, 0.4) is 0 Å². The van der Waals surface area contributed by atoms with Crippen LogP contribution in [-0.4, -0.2) is 11.5 Å². The van der Waals surface area contributed by atoms with Crippen LogP contribution in [0.2, 0.25) is 0 Å². The molecule has 0 bridgehead atoms. The van der Waals surface area contributed by atoms with Gasteiger partial charge in [-0.15, -0.1) is 0 Å². The summed E-state index contributed by atoms with van der Waals surface area (Å²) in [4.78, 5) is 2.51. The Morgan fingerprint density at radius 2 is 1.23 bits per heavy atom. The molecule has 1 aliphatic heterocycles. The fourth-order valence-electron chi connectivity index (χ4n) is 11.2. The number of allylic oxidation sites excluding steroid dienone is 2. The molecule has 57 heavy (non-hydrogen) atoms. The Labute approximate surface area is 338 Å². The molecule has 4 aliphatic rings. The third-order valence-electron chi connectivity index (χ3n) is 13.5. The highest BCUT2D eigenvalue weighted by atomic mass is 32.2. The molecule has 274 valence electrons. The number of fused-ring (bicyclic) bond motifs is 10. The Kier molecular flexibility index (Phi) is 7.41. The molecule has 1 spiro atoms. The molecule has 12 rings (SSSR count). The van der Waals surface area contributed by atoms with Gasteiger partial charge in [-0.2, -0.15) is 11.8 Å². The van der Waals surface area contributed by atoms with Crippen molar-refractivity contribution < 1.29 is 4.42 Å². The monoisotopic (exact) mass is 751 g/mol. The molecule has 0 unspecified atom stereocenters. The molecule has 2 heterocycles. The van der Waals surface area contributed by atoms with Gasteiger partial charge >= 0.3 is 0 Å². The van der Waals surface area contributed by atoms with Gasteiger partial charge < -0.3 is 9.32 Å². The van der Waals surface area contributed by atoms with Crippen molar-refractivity contribution in [3.63, 3.8) is 0 Å². The summed E-state index contributed by atoms with van der Waals surface area (Å²) in [5.41, 5.74) is 18.6. The van der Waals surface area contributed by atoms with Gasteiger partial charge in [-0.25, -0.2) is 0 Å². The van der Waals surface area contributed by atoms with Crippen molar-refractivity contribution in [1.29, 1.82) is 0 Å². The van der Waals surface area contributed by atoms with Crippen LogP contribution in [0.25, 0.3) is 38.6 Å². The highest BCUT2D eigenvalue weighted by Gasteiger charge is 2.49. The van der Waals surface area contributed by atoms with E-state index in [1.54, 1.807) is 5.57 Å². The molecular formula is C54H41NOS. The van der Waals surface area contributed by atoms with Gasteiger partial charge in [0.2, 0.25) is 0 Å². The third-order valence-corrected chi connectivity index (χ3v) is 14.4. The Hall–Kier alpha value is -6.03. The number of nitrogens with zero attached hydrogens (tertiary/aromatic N) is 1. The van der Waals surface area contributed by atoms with E-state index in [1.807, 2.05) is 11.8 Å². The lowest BCUT2D eigenvalue weighted by Gasteiger charge is -2.33. The van der Waals surface area contributed by atoms with Gasteiger partial charge in [-0.1, -0.05) is 152 Å². The van der Waals surface area contributed by atoms with E-state index in [1.165, 1.54) is 81.5 Å². The Balaban J connectivity index is 1.10. The molecule has 2 nitrogen and oxygen atoms in total. The fraction of sp³-hybridized carbons (Fsp3) is 0.148. The molecule has 3 heteroatoms. The molecule has 0 N–H and O–H groups in total. The minimum atomic E-state index is -0.544. The van der Waals surface area contributed by atoms with E-state index < -0.39 is 5.41 Å². The predicted octanol–water partition coefficient (Wildman–Crippen LogP) is 14.3. The first kappa shape index (κ1) is 33.1. The maximum Gasteiger partial charge on any atom is 0.140 e. The molecule has 0 saturated heterocycles. The van der Waals surface area contributed by atoms with Gasteiger partial charge in [0, 0.05) is 50.2 Å². The Morgan fingerprint density at radius 3 is 2.00 bits per heavy atom. The summed E-state index contributed by atoms with van der Waals surface area (Å²) in [6.45, 7) is 0. The molecule has 0 radical (unpaired) electrons. The zero-order valence-corrected chi connectivity index (χ0v) is 32.6. The number of anilines is 3. The van der Waals surface area contributed by atoms with Crippen molar-refractivity contribution in [2.75, 3.05) is 16.4 Å². The highest BCUT2D eigenvalue weighted by Crippen LogP contribution is 2.60. The molecule has 3 aliphatic carbocycles. The van der Waals surface area contributed by atoms with E-state index in [0.717, 1.165) is 44.8 Å². The van der Waals surface area contributed by atoms with Crippen LogP contribution < -0.4 is 4.90 Å². The van der Waals surface area contributed by atoms with Gasteiger partial charge in [0.1, 0.15) is 11.2 Å². The van der Waals surface area contributed by atoms with Crippen LogP contribution in [-0.2, 0) is 10.8 Å². The number of hydrogen-bond acceptors (Lipinski definition) is 3. The number of thioether (sulfide) groups is 1. The van der Waals surface area contributed by atoms with Crippen molar-refractivity contribution >= 4 is 56.3 Å². The minimum absolute atomic E-state index is 0.123. The van der Waals surface area contributed by atoms with E-state index in [2.05, 4.69) is 181 Å². The maximum atomic E-state index is 7.10. The molecule has 1 fully saturated rings. The van der Waals surface area contributed by atoms with Crippen molar-refractivity contribution in [3.8, 4) is 11.1 Å². The van der Waals surface area contributed by atoms with E-state index in [9.17, 15) is 0 Å². The number of furan rings is 1. The van der Waals surface area contributed by atoms with Gasteiger partial charge in [0.05, 0.1) is 11.1 Å². The summed E-state index contributed by atoms with van der Waals surface area (Å²) in [5.74, 6) is 2.11. The summed E-state index contributed by atoms with van der Waals surface area (Å²) in [7, 11) is 0. The topological polar surface area (TPSA) is 16.4 Å². The molecule has 1 saturated carbocycles. The van der Waals surface area contributed by atoms with Gasteiger partial charge in [0.15, 0.2) is 0 Å². The van der Waals surface area contributed by atoms with Crippen molar-refractivity contribution in [2.45, 2.75) is 36.5 Å². The van der Waals surface area contributed by atoms with Crippen LogP contribution >= 0.6 is 11.8 Å². The average molecular weight is 752 g/mol. The summed E-state index contributed by atoms with van der Waals surface area (Å²) < 4.78 is 7.10. The standard InChI is InChI=1S/C54H41NOS/c1-3-16-36(17-4-1)54(45-23-9-7-20-39(45)40-21-8-10-24-46(40)54)48-26-13-22-41-42-34-38(29-30-50(42)56-52(41)48)55(37-18-5-2-6-19-37)49-28-14-25-47-51(49)43-35-57-33-15-27-44(43)53(47)31-11-12-32-53/h1-10,13-30,34H,11-12,31-33,35H2. The third kappa shape index (κ3) is 4.61. The fourth-order valence-corrected chi connectivity index (χ4v) is 12.1. The first-order valence-electron chi connectivity index (χ1n) is 20.4. The second kappa shape index (κ2) is 12.7. The second-order valence-corrected chi connectivity index (χ2v) is 17.2. The van der Waals surface area contributed by atoms with Crippen molar-refractivity contribution in [3.05, 3.63) is 215 Å².